The van der Waals surface area contributed by atoms with E-state index in [-0.39, 0.29) is 12.3 Å². The third kappa shape index (κ3) is 6.53. The van der Waals surface area contributed by atoms with Gasteiger partial charge in [-0.15, -0.1) is 0 Å². The van der Waals surface area contributed by atoms with Crippen LogP contribution in [0.2, 0.25) is 0 Å². The molecule has 3 rings (SSSR count). The summed E-state index contributed by atoms with van der Waals surface area (Å²) in [5.41, 5.74) is 3.91. The fourth-order valence-electron chi connectivity index (χ4n) is 3.98. The Kier molecular flexibility index (Phi) is 9.39. The van der Waals surface area contributed by atoms with Crippen LogP contribution in [0.25, 0.3) is 11.1 Å². The van der Waals surface area contributed by atoms with Crippen molar-refractivity contribution in [2.45, 2.75) is 52.1 Å². The quantitative estimate of drug-likeness (QED) is 0.275. The highest BCUT2D eigenvalue weighted by Crippen LogP contribution is 2.41. The predicted octanol–water partition coefficient (Wildman–Crippen LogP) is 7.09. The van der Waals surface area contributed by atoms with Crippen molar-refractivity contribution in [3.05, 3.63) is 77.9 Å². The summed E-state index contributed by atoms with van der Waals surface area (Å²) in [5.74, 6) is 1.26. The summed E-state index contributed by atoms with van der Waals surface area (Å²) in [5, 5.41) is 9.21. The molecule has 5 heteroatoms. The van der Waals surface area contributed by atoms with Gasteiger partial charge in [-0.2, -0.15) is 0 Å². The normalized spacial score (nSPS) is 11.6. The number of carboxylic acid groups (broad SMARTS) is 1. The highest BCUT2D eigenvalue weighted by Gasteiger charge is 2.18. The molecule has 34 heavy (non-hydrogen) atoms. The predicted molar refractivity (Wildman–Crippen MR) is 135 cm³/mol. The summed E-state index contributed by atoms with van der Waals surface area (Å²) < 4.78 is 18.1. The molecule has 0 fully saturated rings. The number of hydrogen-bond acceptors (Lipinski definition) is 4. The van der Waals surface area contributed by atoms with Crippen molar-refractivity contribution in [1.29, 1.82) is 0 Å². The summed E-state index contributed by atoms with van der Waals surface area (Å²) in [6, 6.07) is 21.9. The van der Waals surface area contributed by atoms with E-state index in [2.05, 4.69) is 19.1 Å². The number of ether oxygens (including phenoxy) is 3. The third-order valence-electron chi connectivity index (χ3n) is 5.86. The molecule has 3 aromatic carbocycles. The smallest absolute Gasteiger partial charge is 0.303 e. The zero-order chi connectivity index (χ0) is 24.3. The SMILES string of the molecule is CCCCOc1c(-c2ccccc2)ccc(COc2cccc([C@H](CC)CC(=O)O)c2)c1OC. The van der Waals surface area contributed by atoms with Crippen molar-refractivity contribution in [2.24, 2.45) is 0 Å². The minimum Gasteiger partial charge on any atom is -0.492 e. The number of unbranched alkanes of at least 4 members (excludes halogenated alkanes) is 1. The van der Waals surface area contributed by atoms with Crippen LogP contribution in [0.4, 0.5) is 0 Å². The van der Waals surface area contributed by atoms with Gasteiger partial charge in [0.2, 0.25) is 0 Å². The summed E-state index contributed by atoms with van der Waals surface area (Å²) in [7, 11) is 1.65. The first-order valence-electron chi connectivity index (χ1n) is 11.9. The molecule has 180 valence electrons. The highest BCUT2D eigenvalue weighted by atomic mass is 16.5. The van der Waals surface area contributed by atoms with Crippen molar-refractivity contribution >= 4 is 5.97 Å². The lowest BCUT2D eigenvalue weighted by Gasteiger charge is -2.19. The van der Waals surface area contributed by atoms with Gasteiger partial charge in [0.1, 0.15) is 12.4 Å². The van der Waals surface area contributed by atoms with Gasteiger partial charge in [0.05, 0.1) is 20.1 Å². The van der Waals surface area contributed by atoms with Crippen LogP contribution >= 0.6 is 0 Å². The molecule has 0 bridgehead atoms. The molecule has 5 nitrogen and oxygen atoms in total. The molecule has 0 aliphatic carbocycles. The number of rotatable bonds is 13. The van der Waals surface area contributed by atoms with E-state index < -0.39 is 5.97 Å². The fourth-order valence-corrected chi connectivity index (χ4v) is 3.98. The van der Waals surface area contributed by atoms with Gasteiger partial charge in [-0.05, 0) is 48.1 Å². The Morgan fingerprint density at radius 1 is 0.941 bits per heavy atom. The Bertz CT molecular complexity index is 1060. The monoisotopic (exact) mass is 462 g/mol. The third-order valence-corrected chi connectivity index (χ3v) is 5.86. The second kappa shape index (κ2) is 12.7. The molecule has 0 saturated heterocycles. The summed E-state index contributed by atoms with van der Waals surface area (Å²) >= 11 is 0. The molecule has 0 amide bonds. The molecule has 1 N–H and O–H groups in total. The molecule has 0 spiro atoms. The van der Waals surface area contributed by atoms with Crippen LogP contribution in [0.3, 0.4) is 0 Å². The van der Waals surface area contributed by atoms with Gasteiger partial charge in [-0.3, -0.25) is 4.79 Å². The van der Waals surface area contributed by atoms with Crippen molar-refractivity contribution in [2.75, 3.05) is 13.7 Å². The molecule has 0 aliphatic rings. The van der Waals surface area contributed by atoms with Crippen LogP contribution in [-0.4, -0.2) is 24.8 Å². The number of benzene rings is 3. The molecular weight excluding hydrogens is 428 g/mol. The van der Waals surface area contributed by atoms with Gasteiger partial charge in [0, 0.05) is 11.1 Å². The zero-order valence-corrected chi connectivity index (χ0v) is 20.3. The van der Waals surface area contributed by atoms with Crippen molar-refractivity contribution in [3.63, 3.8) is 0 Å². The standard InChI is InChI=1S/C29H34O5/c1-4-6-17-33-29-26(22-11-8-7-9-12-22)16-15-24(28(29)32-3)20-34-25-14-10-13-23(18-25)21(5-2)19-27(30)31/h7-16,18,21H,4-6,17,19-20H2,1-3H3,(H,30,31)/t21-/m1/s1. The lowest BCUT2D eigenvalue weighted by atomic mass is 9.93. The summed E-state index contributed by atoms with van der Waals surface area (Å²) in [4.78, 5) is 11.2. The molecular formula is C29H34O5. The number of carboxylic acids is 1. The average molecular weight is 463 g/mol. The van der Waals surface area contributed by atoms with Crippen molar-refractivity contribution < 1.29 is 24.1 Å². The molecule has 0 aliphatic heterocycles. The molecule has 0 aromatic heterocycles. The Balaban J connectivity index is 1.87. The van der Waals surface area contributed by atoms with Crippen LogP contribution in [0.5, 0.6) is 17.2 Å². The molecule has 3 aromatic rings. The van der Waals surface area contributed by atoms with E-state index in [0.717, 1.165) is 47.3 Å². The fraction of sp³-hybridized carbons (Fsp3) is 0.345. The minimum absolute atomic E-state index is 0.0423. The van der Waals surface area contributed by atoms with E-state index >= 15 is 0 Å². The van der Waals surface area contributed by atoms with Crippen LogP contribution in [0.15, 0.2) is 66.7 Å². The number of aliphatic carboxylic acids is 1. The first-order chi connectivity index (χ1) is 16.6. The molecule has 0 radical (unpaired) electrons. The van der Waals surface area contributed by atoms with E-state index in [1.165, 1.54) is 0 Å². The number of carbonyl (C=O) groups is 1. The maximum atomic E-state index is 11.2. The summed E-state index contributed by atoms with van der Waals surface area (Å²) in [6.45, 7) is 5.06. The maximum Gasteiger partial charge on any atom is 0.303 e. The Morgan fingerprint density at radius 2 is 1.74 bits per heavy atom. The highest BCUT2D eigenvalue weighted by molar-refractivity contribution is 5.75. The first-order valence-corrected chi connectivity index (χ1v) is 11.9. The summed E-state index contributed by atoms with van der Waals surface area (Å²) in [6.07, 6.45) is 2.86. The largest absolute Gasteiger partial charge is 0.492 e. The zero-order valence-electron chi connectivity index (χ0n) is 20.3. The Labute approximate surface area is 202 Å². The first kappa shape index (κ1) is 25.2. The van der Waals surface area contributed by atoms with Gasteiger partial charge in [0.25, 0.3) is 0 Å². The van der Waals surface area contributed by atoms with Crippen molar-refractivity contribution in [3.8, 4) is 28.4 Å². The second-order valence-electron chi connectivity index (χ2n) is 8.27. The lowest BCUT2D eigenvalue weighted by molar-refractivity contribution is -0.137. The second-order valence-corrected chi connectivity index (χ2v) is 8.27. The Morgan fingerprint density at radius 3 is 2.41 bits per heavy atom. The number of hydrogen-bond donors (Lipinski definition) is 1. The van der Waals surface area contributed by atoms with Gasteiger partial charge >= 0.3 is 5.97 Å². The van der Waals surface area contributed by atoms with Crippen LogP contribution < -0.4 is 14.2 Å². The molecule has 0 heterocycles. The topological polar surface area (TPSA) is 65.0 Å². The van der Waals surface area contributed by atoms with Crippen LogP contribution in [-0.2, 0) is 11.4 Å². The number of methoxy groups -OCH3 is 1. The van der Waals surface area contributed by atoms with E-state index in [1.807, 2.05) is 61.5 Å². The van der Waals surface area contributed by atoms with E-state index in [1.54, 1.807) is 7.11 Å². The van der Waals surface area contributed by atoms with Crippen molar-refractivity contribution in [1.82, 2.24) is 0 Å². The lowest BCUT2D eigenvalue weighted by Crippen LogP contribution is -2.06. The minimum atomic E-state index is -0.794. The molecule has 1 atom stereocenters. The van der Waals surface area contributed by atoms with E-state index in [9.17, 15) is 9.90 Å². The maximum absolute atomic E-state index is 11.2. The Hall–Kier alpha value is -3.47. The van der Waals surface area contributed by atoms with E-state index in [4.69, 9.17) is 14.2 Å². The van der Waals surface area contributed by atoms with Crippen LogP contribution in [0, 0.1) is 0 Å². The van der Waals surface area contributed by atoms with E-state index in [0.29, 0.717) is 24.7 Å². The van der Waals surface area contributed by atoms with Gasteiger partial charge < -0.3 is 19.3 Å². The molecule has 0 unspecified atom stereocenters. The van der Waals surface area contributed by atoms with Gasteiger partial charge in [0.15, 0.2) is 11.5 Å². The average Bonchev–Trinajstić information content (AvgIpc) is 2.86. The van der Waals surface area contributed by atoms with Gasteiger partial charge in [-0.25, -0.2) is 0 Å². The van der Waals surface area contributed by atoms with Crippen LogP contribution in [0.1, 0.15) is 56.6 Å². The molecule has 0 saturated carbocycles. The van der Waals surface area contributed by atoms with Gasteiger partial charge in [-0.1, -0.05) is 68.8 Å².